The van der Waals surface area contributed by atoms with Gasteiger partial charge in [0.25, 0.3) is 0 Å². The molecule has 19 heavy (non-hydrogen) atoms. The quantitative estimate of drug-likeness (QED) is 0.540. The Hall–Kier alpha value is -0.550. The first-order valence-corrected chi connectivity index (χ1v) is 7.63. The molecule has 0 bridgehead atoms. The second-order valence-electron chi connectivity index (χ2n) is 5.22. The standard InChI is InChI=1S/C15H25NO2S/c1-15(2,17)8-11-19-14-6-4-13(5-7-14)12-16-9-10-18-3/h4-7,16-17H,8-12H2,1-3H3. The Kier molecular flexibility index (Phi) is 7.46. The summed E-state index contributed by atoms with van der Waals surface area (Å²) in [5, 5.41) is 13.0. The van der Waals surface area contributed by atoms with E-state index in [2.05, 4.69) is 29.6 Å². The van der Waals surface area contributed by atoms with Gasteiger partial charge in [0.05, 0.1) is 12.2 Å². The number of methoxy groups -OCH3 is 1. The van der Waals surface area contributed by atoms with E-state index < -0.39 is 5.60 Å². The summed E-state index contributed by atoms with van der Waals surface area (Å²) in [7, 11) is 1.71. The van der Waals surface area contributed by atoms with Crippen molar-refractivity contribution in [3.05, 3.63) is 29.8 Å². The minimum absolute atomic E-state index is 0.571. The van der Waals surface area contributed by atoms with Crippen LogP contribution in [0.3, 0.4) is 0 Å². The first-order valence-electron chi connectivity index (χ1n) is 6.65. The molecule has 0 spiro atoms. The van der Waals surface area contributed by atoms with Crippen molar-refractivity contribution in [2.75, 3.05) is 26.0 Å². The van der Waals surface area contributed by atoms with Gasteiger partial charge in [0.1, 0.15) is 0 Å². The van der Waals surface area contributed by atoms with E-state index in [1.54, 1.807) is 18.9 Å². The van der Waals surface area contributed by atoms with Gasteiger partial charge in [-0.2, -0.15) is 0 Å². The molecule has 0 unspecified atom stereocenters. The Morgan fingerprint density at radius 2 is 1.95 bits per heavy atom. The summed E-state index contributed by atoms with van der Waals surface area (Å²) in [5.41, 5.74) is 0.709. The predicted octanol–water partition coefficient (Wildman–Crippen LogP) is 2.68. The van der Waals surface area contributed by atoms with Crippen molar-refractivity contribution in [2.24, 2.45) is 0 Å². The molecule has 0 fully saturated rings. The number of ether oxygens (including phenoxy) is 1. The molecule has 0 aliphatic rings. The average Bonchev–Trinajstić information content (AvgIpc) is 2.35. The molecule has 1 aromatic rings. The molecule has 0 aliphatic carbocycles. The molecule has 0 saturated heterocycles. The van der Waals surface area contributed by atoms with Gasteiger partial charge in [-0.3, -0.25) is 0 Å². The van der Waals surface area contributed by atoms with E-state index in [1.807, 2.05) is 13.8 Å². The highest BCUT2D eigenvalue weighted by Crippen LogP contribution is 2.22. The maximum absolute atomic E-state index is 9.65. The molecule has 4 heteroatoms. The zero-order valence-electron chi connectivity index (χ0n) is 12.1. The molecular weight excluding hydrogens is 258 g/mol. The van der Waals surface area contributed by atoms with E-state index >= 15 is 0 Å². The van der Waals surface area contributed by atoms with Crippen molar-refractivity contribution in [2.45, 2.75) is 37.3 Å². The topological polar surface area (TPSA) is 41.5 Å². The van der Waals surface area contributed by atoms with Gasteiger partial charge in [-0.05, 0) is 38.0 Å². The zero-order valence-corrected chi connectivity index (χ0v) is 12.9. The first-order chi connectivity index (χ1) is 9.01. The number of nitrogens with one attached hydrogen (secondary N) is 1. The molecule has 0 aliphatic heterocycles. The Balaban J connectivity index is 2.27. The molecule has 2 N–H and O–H groups in total. The fraction of sp³-hybridized carbons (Fsp3) is 0.600. The number of hydrogen-bond donors (Lipinski definition) is 2. The summed E-state index contributed by atoms with van der Waals surface area (Å²) in [5.74, 6) is 0.939. The summed E-state index contributed by atoms with van der Waals surface area (Å²) in [4.78, 5) is 1.25. The minimum Gasteiger partial charge on any atom is -0.390 e. The lowest BCUT2D eigenvalue weighted by molar-refractivity contribution is 0.0778. The van der Waals surface area contributed by atoms with Crippen molar-refractivity contribution in [1.29, 1.82) is 0 Å². The third kappa shape index (κ3) is 8.26. The number of hydrogen-bond acceptors (Lipinski definition) is 4. The molecular formula is C15H25NO2S. The first kappa shape index (κ1) is 16.5. The second-order valence-corrected chi connectivity index (χ2v) is 6.39. The highest BCUT2D eigenvalue weighted by atomic mass is 32.2. The van der Waals surface area contributed by atoms with Crippen LogP contribution in [0.25, 0.3) is 0 Å². The van der Waals surface area contributed by atoms with Gasteiger partial charge in [-0.1, -0.05) is 12.1 Å². The van der Waals surface area contributed by atoms with Crippen molar-refractivity contribution >= 4 is 11.8 Å². The van der Waals surface area contributed by atoms with Crippen LogP contribution in [0.2, 0.25) is 0 Å². The van der Waals surface area contributed by atoms with Crippen LogP contribution in [-0.2, 0) is 11.3 Å². The van der Waals surface area contributed by atoms with Crippen LogP contribution in [0.15, 0.2) is 29.2 Å². The number of thioether (sulfide) groups is 1. The van der Waals surface area contributed by atoms with Crippen LogP contribution in [0.4, 0.5) is 0 Å². The van der Waals surface area contributed by atoms with Gasteiger partial charge >= 0.3 is 0 Å². The molecule has 1 rings (SSSR count). The number of aliphatic hydroxyl groups is 1. The van der Waals surface area contributed by atoms with E-state index in [4.69, 9.17) is 4.74 Å². The molecule has 0 radical (unpaired) electrons. The average molecular weight is 283 g/mol. The summed E-state index contributed by atoms with van der Waals surface area (Å²) >= 11 is 1.79. The fourth-order valence-electron chi connectivity index (χ4n) is 1.53. The largest absolute Gasteiger partial charge is 0.390 e. The Bertz CT molecular complexity index is 346. The molecule has 0 atom stereocenters. The normalized spacial score (nSPS) is 11.8. The minimum atomic E-state index is -0.571. The molecule has 0 saturated carbocycles. The smallest absolute Gasteiger partial charge is 0.0599 e. The van der Waals surface area contributed by atoms with Crippen molar-refractivity contribution in [3.8, 4) is 0 Å². The van der Waals surface area contributed by atoms with Gasteiger partial charge in [-0.15, -0.1) is 11.8 Å². The monoisotopic (exact) mass is 283 g/mol. The third-order valence-corrected chi connectivity index (χ3v) is 3.73. The van der Waals surface area contributed by atoms with Gasteiger partial charge < -0.3 is 15.2 Å². The lowest BCUT2D eigenvalue weighted by Crippen LogP contribution is -2.19. The lowest BCUT2D eigenvalue weighted by atomic mass is 10.1. The molecule has 0 aromatic heterocycles. The van der Waals surface area contributed by atoms with Crippen LogP contribution in [0.5, 0.6) is 0 Å². The van der Waals surface area contributed by atoms with Crippen molar-refractivity contribution in [3.63, 3.8) is 0 Å². The van der Waals surface area contributed by atoms with Crippen LogP contribution in [0.1, 0.15) is 25.8 Å². The summed E-state index contributed by atoms with van der Waals surface area (Å²) in [6.45, 7) is 6.19. The van der Waals surface area contributed by atoms with Gasteiger partial charge in [-0.25, -0.2) is 0 Å². The number of rotatable bonds is 9. The fourth-order valence-corrected chi connectivity index (χ4v) is 2.69. The highest BCUT2D eigenvalue weighted by molar-refractivity contribution is 7.99. The molecule has 0 amide bonds. The third-order valence-electron chi connectivity index (χ3n) is 2.72. The Morgan fingerprint density at radius 3 is 2.53 bits per heavy atom. The van der Waals surface area contributed by atoms with E-state index in [0.717, 1.165) is 31.9 Å². The SMILES string of the molecule is COCCNCc1ccc(SCCC(C)(C)O)cc1. The maximum atomic E-state index is 9.65. The lowest BCUT2D eigenvalue weighted by Gasteiger charge is -2.16. The summed E-state index contributed by atoms with van der Waals surface area (Å²) in [6.07, 6.45) is 0.804. The highest BCUT2D eigenvalue weighted by Gasteiger charge is 2.11. The van der Waals surface area contributed by atoms with Crippen LogP contribution in [0, 0.1) is 0 Å². The molecule has 3 nitrogen and oxygen atoms in total. The van der Waals surface area contributed by atoms with Crippen molar-refractivity contribution in [1.82, 2.24) is 5.32 Å². The van der Waals surface area contributed by atoms with Gasteiger partial charge in [0.2, 0.25) is 0 Å². The Morgan fingerprint density at radius 1 is 1.26 bits per heavy atom. The zero-order chi connectivity index (χ0) is 14.1. The van der Waals surface area contributed by atoms with E-state index in [0.29, 0.717) is 0 Å². The van der Waals surface area contributed by atoms with Crippen LogP contribution >= 0.6 is 11.8 Å². The second kappa shape index (κ2) is 8.59. The van der Waals surface area contributed by atoms with Crippen LogP contribution in [-0.4, -0.2) is 36.7 Å². The molecule has 108 valence electrons. The number of benzene rings is 1. The maximum Gasteiger partial charge on any atom is 0.0599 e. The molecule has 1 aromatic carbocycles. The van der Waals surface area contributed by atoms with Crippen LogP contribution < -0.4 is 5.32 Å². The van der Waals surface area contributed by atoms with E-state index in [9.17, 15) is 5.11 Å². The van der Waals surface area contributed by atoms with Crippen molar-refractivity contribution < 1.29 is 9.84 Å². The summed E-state index contributed by atoms with van der Waals surface area (Å²) < 4.78 is 4.98. The Labute approximate surface area is 120 Å². The predicted molar refractivity (Wildman–Crippen MR) is 81.7 cm³/mol. The molecule has 0 heterocycles. The van der Waals surface area contributed by atoms with Gasteiger partial charge in [0, 0.05) is 30.8 Å². The summed E-state index contributed by atoms with van der Waals surface area (Å²) in [6, 6.07) is 8.57. The van der Waals surface area contributed by atoms with Gasteiger partial charge in [0.15, 0.2) is 0 Å². The van der Waals surface area contributed by atoms with E-state index in [-0.39, 0.29) is 0 Å². The van der Waals surface area contributed by atoms with E-state index in [1.165, 1.54) is 10.5 Å².